The van der Waals surface area contributed by atoms with E-state index in [4.69, 9.17) is 15.5 Å². The van der Waals surface area contributed by atoms with Crippen LogP contribution in [-0.4, -0.2) is 47.0 Å². The Morgan fingerprint density at radius 3 is 2.74 bits per heavy atom. The number of pyridine rings is 1. The van der Waals surface area contributed by atoms with E-state index in [1.807, 2.05) is 16.7 Å². The highest BCUT2D eigenvalue weighted by atomic mass is 16.5. The fourth-order valence-corrected chi connectivity index (χ4v) is 4.47. The first-order valence-corrected chi connectivity index (χ1v) is 11.1. The molecule has 2 aliphatic rings. The van der Waals surface area contributed by atoms with Crippen molar-refractivity contribution in [2.24, 2.45) is 5.73 Å². The third kappa shape index (κ3) is 4.90. The van der Waals surface area contributed by atoms with Crippen molar-refractivity contribution in [3.63, 3.8) is 0 Å². The summed E-state index contributed by atoms with van der Waals surface area (Å²) in [4.78, 5) is 29.4. The van der Waals surface area contributed by atoms with E-state index in [1.165, 1.54) is 7.11 Å². The van der Waals surface area contributed by atoms with Crippen molar-refractivity contribution < 1.29 is 14.3 Å². The molecule has 4 rings (SSSR count). The van der Waals surface area contributed by atoms with Gasteiger partial charge < -0.3 is 21.1 Å². The average Bonchev–Trinajstić information content (AvgIpc) is 3.17. The second-order valence-electron chi connectivity index (χ2n) is 8.49. The van der Waals surface area contributed by atoms with Crippen molar-refractivity contribution in [3.8, 4) is 0 Å². The second kappa shape index (κ2) is 9.51. The molecule has 2 aliphatic carbocycles. The standard InChI is InChI=1S/C23H31N5O3/c1-31-20(29)14-25-22-21(15-5-3-2-4-6-15)27-19-13-16(11-12-28(19)22)23(30)26-18-9-7-17(24)8-10-18/h2-3,11-13,15,17-18,25H,4-10,14,24H2,1H3,(H,26,30). The fourth-order valence-electron chi connectivity index (χ4n) is 4.47. The number of allylic oxidation sites excluding steroid dienone is 2. The number of carbonyl (C=O) groups excluding carboxylic acids is 2. The van der Waals surface area contributed by atoms with E-state index in [1.54, 1.807) is 6.07 Å². The molecule has 1 atom stereocenters. The molecule has 2 heterocycles. The van der Waals surface area contributed by atoms with Crippen LogP contribution in [0.3, 0.4) is 0 Å². The maximum atomic E-state index is 12.8. The summed E-state index contributed by atoms with van der Waals surface area (Å²) in [6, 6.07) is 4.03. The summed E-state index contributed by atoms with van der Waals surface area (Å²) in [5.41, 5.74) is 8.17. The molecule has 0 aromatic carbocycles. The van der Waals surface area contributed by atoms with E-state index >= 15 is 0 Å². The number of nitrogens with zero attached hydrogens (tertiary/aromatic N) is 2. The van der Waals surface area contributed by atoms with Gasteiger partial charge in [-0.2, -0.15) is 0 Å². The number of rotatable bonds is 6. The van der Waals surface area contributed by atoms with Gasteiger partial charge in [-0.15, -0.1) is 0 Å². The molecule has 166 valence electrons. The molecule has 1 unspecified atom stereocenters. The van der Waals surface area contributed by atoms with Crippen molar-refractivity contribution in [2.75, 3.05) is 19.0 Å². The van der Waals surface area contributed by atoms with Gasteiger partial charge in [0, 0.05) is 29.8 Å². The molecule has 1 fully saturated rings. The van der Waals surface area contributed by atoms with Crippen LogP contribution in [0.25, 0.3) is 5.65 Å². The summed E-state index contributed by atoms with van der Waals surface area (Å²) in [5.74, 6) is 0.632. The van der Waals surface area contributed by atoms with Crippen LogP contribution in [0.4, 0.5) is 5.82 Å². The minimum absolute atomic E-state index is 0.0614. The predicted molar refractivity (Wildman–Crippen MR) is 119 cm³/mol. The Morgan fingerprint density at radius 2 is 2.03 bits per heavy atom. The third-order valence-electron chi connectivity index (χ3n) is 6.31. The maximum Gasteiger partial charge on any atom is 0.325 e. The van der Waals surface area contributed by atoms with Crippen molar-refractivity contribution in [1.29, 1.82) is 0 Å². The van der Waals surface area contributed by atoms with Gasteiger partial charge in [0.2, 0.25) is 0 Å². The van der Waals surface area contributed by atoms with Gasteiger partial charge in [-0.25, -0.2) is 4.98 Å². The molecule has 1 saturated carbocycles. The van der Waals surface area contributed by atoms with Gasteiger partial charge in [-0.1, -0.05) is 12.2 Å². The first kappa shape index (κ1) is 21.4. The Hall–Kier alpha value is -2.87. The highest BCUT2D eigenvalue weighted by molar-refractivity contribution is 5.95. The van der Waals surface area contributed by atoms with E-state index in [2.05, 4.69) is 22.8 Å². The Labute approximate surface area is 182 Å². The Kier molecular flexibility index (Phi) is 6.56. The largest absolute Gasteiger partial charge is 0.468 e. The lowest BCUT2D eigenvalue weighted by molar-refractivity contribution is -0.138. The Bertz CT molecular complexity index is 975. The summed E-state index contributed by atoms with van der Waals surface area (Å²) in [5, 5.41) is 6.33. The smallest absolute Gasteiger partial charge is 0.325 e. The van der Waals surface area contributed by atoms with Crippen LogP contribution in [0.1, 0.15) is 66.9 Å². The van der Waals surface area contributed by atoms with Crippen LogP contribution in [0.2, 0.25) is 0 Å². The molecule has 0 spiro atoms. The lowest BCUT2D eigenvalue weighted by Crippen LogP contribution is -2.40. The molecule has 2 aromatic rings. The van der Waals surface area contributed by atoms with Crippen molar-refractivity contribution in [3.05, 3.63) is 41.7 Å². The molecule has 1 amide bonds. The van der Waals surface area contributed by atoms with E-state index in [0.29, 0.717) is 11.2 Å². The monoisotopic (exact) mass is 425 g/mol. The minimum Gasteiger partial charge on any atom is -0.468 e. The molecule has 0 saturated heterocycles. The number of hydrogen-bond acceptors (Lipinski definition) is 6. The number of nitrogens with one attached hydrogen (secondary N) is 2. The van der Waals surface area contributed by atoms with Gasteiger partial charge in [-0.3, -0.25) is 14.0 Å². The summed E-state index contributed by atoms with van der Waals surface area (Å²) in [7, 11) is 1.37. The Morgan fingerprint density at radius 1 is 1.23 bits per heavy atom. The summed E-state index contributed by atoms with van der Waals surface area (Å²) >= 11 is 0. The number of amides is 1. The number of methoxy groups -OCH3 is 1. The van der Waals surface area contributed by atoms with Crippen molar-refractivity contribution in [2.45, 2.75) is 62.9 Å². The normalized spacial score (nSPS) is 23.5. The van der Waals surface area contributed by atoms with Crippen molar-refractivity contribution in [1.82, 2.24) is 14.7 Å². The number of fused-ring (bicyclic) bond motifs is 1. The van der Waals surface area contributed by atoms with Crippen LogP contribution in [0.15, 0.2) is 30.5 Å². The maximum absolute atomic E-state index is 12.8. The number of nitrogens with two attached hydrogens (primary N) is 1. The number of imidazole rings is 1. The second-order valence-corrected chi connectivity index (χ2v) is 8.49. The zero-order valence-corrected chi connectivity index (χ0v) is 18.0. The van der Waals surface area contributed by atoms with Gasteiger partial charge >= 0.3 is 5.97 Å². The molecular formula is C23H31N5O3. The number of carbonyl (C=O) groups is 2. The van der Waals surface area contributed by atoms with Crippen molar-refractivity contribution >= 4 is 23.3 Å². The highest BCUT2D eigenvalue weighted by Gasteiger charge is 2.24. The van der Waals surface area contributed by atoms with Crippen LogP contribution >= 0.6 is 0 Å². The number of anilines is 1. The van der Waals surface area contributed by atoms with E-state index < -0.39 is 0 Å². The fraction of sp³-hybridized carbons (Fsp3) is 0.522. The Balaban J connectivity index is 1.58. The zero-order valence-electron chi connectivity index (χ0n) is 18.0. The lowest BCUT2D eigenvalue weighted by atomic mass is 9.91. The molecule has 0 bridgehead atoms. The van der Waals surface area contributed by atoms with Gasteiger partial charge in [-0.05, 0) is 57.1 Å². The molecular weight excluding hydrogens is 394 g/mol. The zero-order chi connectivity index (χ0) is 21.8. The van der Waals surface area contributed by atoms with E-state index in [9.17, 15) is 9.59 Å². The van der Waals surface area contributed by atoms with Gasteiger partial charge in [0.05, 0.1) is 12.8 Å². The predicted octanol–water partition coefficient (Wildman–Crippen LogP) is 2.74. The number of hydrogen-bond donors (Lipinski definition) is 3. The molecule has 2 aromatic heterocycles. The molecule has 8 nitrogen and oxygen atoms in total. The summed E-state index contributed by atoms with van der Waals surface area (Å²) in [6.07, 6.45) is 12.9. The molecule has 4 N–H and O–H groups in total. The van der Waals surface area contributed by atoms with Crippen LogP contribution in [-0.2, 0) is 9.53 Å². The SMILES string of the molecule is COC(=O)CNc1c(C2CC=CCC2)nc2cc(C(=O)NC3CCC(N)CC3)ccn12. The summed E-state index contributed by atoms with van der Waals surface area (Å²) < 4.78 is 6.68. The topological polar surface area (TPSA) is 111 Å². The lowest BCUT2D eigenvalue weighted by Gasteiger charge is -2.26. The molecule has 0 radical (unpaired) electrons. The number of esters is 1. The van der Waals surface area contributed by atoms with E-state index in [0.717, 1.165) is 56.5 Å². The molecule has 8 heteroatoms. The summed E-state index contributed by atoms with van der Waals surface area (Å²) in [6.45, 7) is 0.0614. The third-order valence-corrected chi connectivity index (χ3v) is 6.31. The molecule has 0 aliphatic heterocycles. The van der Waals surface area contributed by atoms with Crippen LogP contribution in [0, 0.1) is 0 Å². The highest BCUT2D eigenvalue weighted by Crippen LogP contribution is 2.34. The van der Waals surface area contributed by atoms with E-state index in [-0.39, 0.29) is 36.4 Å². The van der Waals surface area contributed by atoms with Gasteiger partial charge in [0.1, 0.15) is 18.0 Å². The number of ether oxygens (including phenoxy) is 1. The first-order valence-electron chi connectivity index (χ1n) is 11.1. The average molecular weight is 426 g/mol. The van der Waals surface area contributed by atoms with Crippen LogP contribution < -0.4 is 16.4 Å². The van der Waals surface area contributed by atoms with Gasteiger partial charge in [0.25, 0.3) is 5.91 Å². The first-order chi connectivity index (χ1) is 15.0. The minimum atomic E-state index is -0.340. The number of aromatic nitrogens is 2. The quantitative estimate of drug-likeness (QED) is 0.485. The molecule has 31 heavy (non-hydrogen) atoms. The van der Waals surface area contributed by atoms with Gasteiger partial charge in [0.15, 0.2) is 0 Å². The van der Waals surface area contributed by atoms with Crippen LogP contribution in [0.5, 0.6) is 0 Å².